The highest BCUT2D eigenvalue weighted by atomic mass is 35.5. The number of benzene rings is 1. The lowest BCUT2D eigenvalue weighted by Gasteiger charge is -2.40. The Kier molecular flexibility index (Phi) is 7.02. The molecule has 1 aliphatic carbocycles. The molecule has 8 heteroatoms. The summed E-state index contributed by atoms with van der Waals surface area (Å²) >= 11 is 6.18. The first-order valence-corrected chi connectivity index (χ1v) is 13.3. The van der Waals surface area contributed by atoms with Crippen LogP contribution >= 0.6 is 11.6 Å². The van der Waals surface area contributed by atoms with Crippen LogP contribution in [-0.2, 0) is 4.79 Å². The van der Waals surface area contributed by atoms with E-state index in [4.69, 9.17) is 11.6 Å². The number of rotatable bonds is 5. The number of aliphatic hydroxyl groups is 1. The fourth-order valence-electron chi connectivity index (χ4n) is 6.30. The second-order valence-electron chi connectivity index (χ2n) is 10.5. The lowest BCUT2D eigenvalue weighted by atomic mass is 9.87. The molecule has 0 bridgehead atoms. The molecular formula is C27H36ClN5O2. The van der Waals surface area contributed by atoms with Crippen molar-refractivity contribution in [3.63, 3.8) is 0 Å². The van der Waals surface area contributed by atoms with Gasteiger partial charge in [-0.25, -0.2) is 9.97 Å². The predicted octanol–water partition coefficient (Wildman–Crippen LogP) is 3.98. The molecule has 1 N–H and O–H groups in total. The lowest BCUT2D eigenvalue weighted by molar-refractivity contribution is -0.134. The zero-order valence-corrected chi connectivity index (χ0v) is 21.7. The molecule has 2 aromatic rings. The molecule has 5 rings (SSSR count). The van der Waals surface area contributed by atoms with Gasteiger partial charge in [-0.2, -0.15) is 0 Å². The average molecular weight is 498 g/mol. The summed E-state index contributed by atoms with van der Waals surface area (Å²) in [6, 6.07) is 8.45. The van der Waals surface area contributed by atoms with E-state index in [1.54, 1.807) is 6.33 Å². The lowest BCUT2D eigenvalue weighted by Crippen LogP contribution is -2.53. The predicted molar refractivity (Wildman–Crippen MR) is 138 cm³/mol. The number of nitrogens with zero attached hydrogens (tertiary/aromatic N) is 5. The molecule has 4 atom stereocenters. The maximum Gasteiger partial charge on any atom is 0.231 e. The van der Waals surface area contributed by atoms with Gasteiger partial charge in [-0.05, 0) is 63.3 Å². The number of anilines is 1. The van der Waals surface area contributed by atoms with Gasteiger partial charge in [0, 0.05) is 48.8 Å². The Bertz CT molecular complexity index is 1050. The molecule has 0 saturated carbocycles. The first-order valence-electron chi connectivity index (χ1n) is 12.9. The first kappa shape index (κ1) is 24.5. The molecule has 7 nitrogen and oxygen atoms in total. The summed E-state index contributed by atoms with van der Waals surface area (Å²) in [4.78, 5) is 29.8. The number of amides is 1. The molecule has 1 amide bonds. The average Bonchev–Trinajstić information content (AvgIpc) is 3.45. The number of piperazine rings is 1. The zero-order chi connectivity index (χ0) is 24.7. The molecule has 1 aromatic heterocycles. The summed E-state index contributed by atoms with van der Waals surface area (Å²) in [5.74, 6) is 1.17. The van der Waals surface area contributed by atoms with Crippen LogP contribution in [0, 0.1) is 0 Å². The number of carbonyl (C=O) groups excluding carboxylic acids is 1. The first-order chi connectivity index (χ1) is 16.8. The van der Waals surface area contributed by atoms with E-state index in [0.29, 0.717) is 30.6 Å². The van der Waals surface area contributed by atoms with Crippen molar-refractivity contribution in [2.75, 3.05) is 37.6 Å². The van der Waals surface area contributed by atoms with E-state index in [1.807, 2.05) is 29.2 Å². The SMILES string of the molecule is CC(C)N1CCC[C@H]1[C@@H](C(=O)N1CCN(c2ncnc3c2[C@H](C)C[C@H]3O)CC1)c1ccc(Cl)cc1. The van der Waals surface area contributed by atoms with Crippen LogP contribution in [0.25, 0.3) is 0 Å². The summed E-state index contributed by atoms with van der Waals surface area (Å²) in [6.45, 7) is 10.4. The number of carbonyl (C=O) groups is 1. The van der Waals surface area contributed by atoms with E-state index in [0.717, 1.165) is 55.1 Å². The van der Waals surface area contributed by atoms with E-state index >= 15 is 0 Å². The monoisotopic (exact) mass is 497 g/mol. The fourth-order valence-corrected chi connectivity index (χ4v) is 6.43. The number of hydrogen-bond donors (Lipinski definition) is 1. The maximum atomic E-state index is 14.1. The molecular weight excluding hydrogens is 462 g/mol. The van der Waals surface area contributed by atoms with Crippen molar-refractivity contribution < 1.29 is 9.90 Å². The fraction of sp³-hybridized carbons (Fsp3) is 0.593. The van der Waals surface area contributed by atoms with Gasteiger partial charge in [0.25, 0.3) is 0 Å². The van der Waals surface area contributed by atoms with Gasteiger partial charge in [0.2, 0.25) is 5.91 Å². The molecule has 2 fully saturated rings. The minimum Gasteiger partial charge on any atom is -0.387 e. The van der Waals surface area contributed by atoms with Crippen molar-refractivity contribution in [1.82, 2.24) is 19.8 Å². The number of likely N-dealkylation sites (tertiary alicyclic amines) is 1. The Morgan fingerprint density at radius 3 is 2.49 bits per heavy atom. The van der Waals surface area contributed by atoms with E-state index in [1.165, 1.54) is 0 Å². The third-order valence-corrected chi connectivity index (χ3v) is 8.31. The molecule has 3 heterocycles. The Hall–Kier alpha value is -2.22. The molecule has 35 heavy (non-hydrogen) atoms. The molecule has 2 aliphatic heterocycles. The minimum atomic E-state index is -0.514. The van der Waals surface area contributed by atoms with Crippen molar-refractivity contribution in [3.05, 3.63) is 52.4 Å². The second-order valence-corrected chi connectivity index (χ2v) is 11.0. The molecule has 1 aromatic carbocycles. The molecule has 0 radical (unpaired) electrons. The van der Waals surface area contributed by atoms with Crippen LogP contribution in [-0.4, -0.2) is 75.6 Å². The zero-order valence-electron chi connectivity index (χ0n) is 20.9. The van der Waals surface area contributed by atoms with Crippen LogP contribution in [0.2, 0.25) is 5.02 Å². The van der Waals surface area contributed by atoms with Gasteiger partial charge in [0.05, 0.1) is 17.7 Å². The third kappa shape index (κ3) is 4.66. The van der Waals surface area contributed by atoms with E-state index in [9.17, 15) is 9.90 Å². The highest BCUT2D eigenvalue weighted by molar-refractivity contribution is 6.30. The third-order valence-electron chi connectivity index (χ3n) is 8.06. The number of aromatic nitrogens is 2. The topological polar surface area (TPSA) is 72.8 Å². The van der Waals surface area contributed by atoms with Gasteiger partial charge in [-0.3, -0.25) is 9.69 Å². The van der Waals surface area contributed by atoms with E-state index in [2.05, 4.69) is 40.5 Å². The normalized spacial score (nSPS) is 25.8. The smallest absolute Gasteiger partial charge is 0.231 e. The van der Waals surface area contributed by atoms with Gasteiger partial charge < -0.3 is 14.9 Å². The summed E-state index contributed by atoms with van der Waals surface area (Å²) < 4.78 is 0. The molecule has 0 spiro atoms. The number of aliphatic hydroxyl groups excluding tert-OH is 1. The van der Waals surface area contributed by atoms with Gasteiger partial charge >= 0.3 is 0 Å². The number of halogens is 1. The maximum absolute atomic E-state index is 14.1. The molecule has 0 unspecified atom stereocenters. The molecule has 188 valence electrons. The summed E-state index contributed by atoms with van der Waals surface area (Å²) in [6.07, 6.45) is 3.89. The minimum absolute atomic E-state index is 0.192. The summed E-state index contributed by atoms with van der Waals surface area (Å²) in [5.41, 5.74) is 2.88. The van der Waals surface area contributed by atoms with Crippen molar-refractivity contribution >= 4 is 23.3 Å². The second kappa shape index (κ2) is 10.0. The highest BCUT2D eigenvalue weighted by Gasteiger charge is 2.41. The Labute approximate surface area is 213 Å². The van der Waals surface area contributed by atoms with Crippen LogP contribution in [0.5, 0.6) is 0 Å². The van der Waals surface area contributed by atoms with Crippen molar-refractivity contribution in [2.45, 2.75) is 70.1 Å². The number of fused-ring (bicyclic) bond motifs is 1. The highest BCUT2D eigenvalue weighted by Crippen LogP contribution is 2.43. The van der Waals surface area contributed by atoms with E-state index < -0.39 is 6.10 Å². The van der Waals surface area contributed by atoms with Crippen LogP contribution in [0.15, 0.2) is 30.6 Å². The Morgan fingerprint density at radius 2 is 1.80 bits per heavy atom. The van der Waals surface area contributed by atoms with Gasteiger partial charge in [0.15, 0.2) is 0 Å². The summed E-state index contributed by atoms with van der Waals surface area (Å²) in [7, 11) is 0. The molecule has 2 saturated heterocycles. The summed E-state index contributed by atoms with van der Waals surface area (Å²) in [5, 5.41) is 11.1. The van der Waals surface area contributed by atoms with Crippen molar-refractivity contribution in [2.24, 2.45) is 0 Å². The van der Waals surface area contributed by atoms with E-state index in [-0.39, 0.29) is 23.8 Å². The van der Waals surface area contributed by atoms with Gasteiger partial charge in [0.1, 0.15) is 12.1 Å². The molecule has 3 aliphatic rings. The van der Waals surface area contributed by atoms with Crippen LogP contribution in [0.4, 0.5) is 5.82 Å². The van der Waals surface area contributed by atoms with Crippen molar-refractivity contribution in [3.8, 4) is 0 Å². The Morgan fingerprint density at radius 1 is 1.09 bits per heavy atom. The Balaban J connectivity index is 1.35. The van der Waals surface area contributed by atoms with Crippen LogP contribution in [0.3, 0.4) is 0 Å². The van der Waals surface area contributed by atoms with Crippen molar-refractivity contribution in [1.29, 1.82) is 0 Å². The van der Waals surface area contributed by atoms with Gasteiger partial charge in [-0.1, -0.05) is 30.7 Å². The van der Waals surface area contributed by atoms with Crippen LogP contribution in [0.1, 0.15) is 74.8 Å². The number of hydrogen-bond acceptors (Lipinski definition) is 6. The quantitative estimate of drug-likeness (QED) is 0.673. The standard InChI is InChI=1S/C27H36ClN5O2/c1-17(2)33-10-4-5-21(33)24(19-6-8-20(28)9-7-19)27(35)32-13-11-31(12-14-32)26-23-18(3)15-22(34)25(23)29-16-30-26/h6-9,16-18,21-22,24,34H,4-5,10-15H2,1-3H3/t18-,21+,22-,24+/m1/s1. The largest absolute Gasteiger partial charge is 0.387 e. The van der Waals surface area contributed by atoms with Crippen LogP contribution < -0.4 is 4.90 Å². The van der Waals surface area contributed by atoms with Gasteiger partial charge in [-0.15, -0.1) is 0 Å².